The molecule has 0 saturated carbocycles. The Morgan fingerprint density at radius 2 is 2.15 bits per heavy atom. The average Bonchev–Trinajstić information content (AvgIpc) is 1.96. The molecule has 0 aliphatic carbocycles. The van der Waals surface area contributed by atoms with Crippen LogP contribution in [0.15, 0.2) is 11.6 Å². The van der Waals surface area contributed by atoms with Crippen molar-refractivity contribution in [3.05, 3.63) is 11.6 Å². The quantitative estimate of drug-likeness (QED) is 0.531. The van der Waals surface area contributed by atoms with Crippen molar-refractivity contribution in [3.8, 4) is 0 Å². The lowest BCUT2D eigenvalue weighted by Gasteiger charge is -2.03. The fraction of sp³-hybridized carbons (Fsp3) is 0.700. The molecule has 0 aliphatic rings. The summed E-state index contributed by atoms with van der Waals surface area (Å²) in [6, 6.07) is 0. The Morgan fingerprint density at radius 3 is 2.62 bits per heavy atom. The van der Waals surface area contributed by atoms with Crippen molar-refractivity contribution in [2.45, 2.75) is 27.2 Å². The summed E-state index contributed by atoms with van der Waals surface area (Å²) in [6.45, 7) is 6.25. The highest BCUT2D eigenvalue weighted by atomic mass is 32.2. The second-order valence-corrected chi connectivity index (χ2v) is 4.67. The molecule has 0 aliphatic heterocycles. The molecule has 0 heterocycles. The van der Waals surface area contributed by atoms with Crippen LogP contribution in [0, 0.1) is 5.92 Å². The number of rotatable bonds is 6. The molecule has 0 aromatic carbocycles. The van der Waals surface area contributed by atoms with Gasteiger partial charge in [0.1, 0.15) is 0 Å². The van der Waals surface area contributed by atoms with Gasteiger partial charge in [-0.2, -0.15) is 11.8 Å². The smallest absolute Gasteiger partial charge is 0.328 e. The average molecular weight is 202 g/mol. The van der Waals surface area contributed by atoms with Crippen LogP contribution in [0.1, 0.15) is 27.2 Å². The fourth-order valence-corrected chi connectivity index (χ4v) is 1.99. The molecular formula is C10H18O2S. The predicted octanol–water partition coefficient (Wildman–Crippen LogP) is 2.80. The molecule has 0 unspecified atom stereocenters. The number of thioether (sulfide) groups is 1. The largest absolute Gasteiger partial charge is 0.478 e. The van der Waals surface area contributed by atoms with E-state index in [9.17, 15) is 4.79 Å². The van der Waals surface area contributed by atoms with Gasteiger partial charge >= 0.3 is 5.97 Å². The predicted molar refractivity (Wildman–Crippen MR) is 58.2 cm³/mol. The first-order valence-corrected chi connectivity index (χ1v) is 5.65. The highest BCUT2D eigenvalue weighted by Crippen LogP contribution is 2.11. The van der Waals surface area contributed by atoms with Gasteiger partial charge in [0.2, 0.25) is 0 Å². The zero-order valence-corrected chi connectivity index (χ0v) is 9.36. The van der Waals surface area contributed by atoms with E-state index in [0.29, 0.717) is 0 Å². The van der Waals surface area contributed by atoms with Crippen molar-refractivity contribution in [1.82, 2.24) is 0 Å². The number of carboxylic acids is 1. The zero-order valence-electron chi connectivity index (χ0n) is 8.54. The van der Waals surface area contributed by atoms with Gasteiger partial charge in [0, 0.05) is 11.8 Å². The third kappa shape index (κ3) is 9.47. The number of hydrogen-bond acceptors (Lipinski definition) is 2. The number of aliphatic carboxylic acids is 1. The molecule has 2 nitrogen and oxygen atoms in total. The van der Waals surface area contributed by atoms with Gasteiger partial charge in [-0.05, 0) is 25.0 Å². The van der Waals surface area contributed by atoms with Crippen molar-refractivity contribution < 1.29 is 9.90 Å². The Morgan fingerprint density at radius 1 is 1.54 bits per heavy atom. The number of carboxylic acid groups (broad SMARTS) is 1. The lowest BCUT2D eigenvalue weighted by Crippen LogP contribution is -1.94. The highest BCUT2D eigenvalue weighted by molar-refractivity contribution is 7.99. The third-order valence-electron chi connectivity index (χ3n) is 1.54. The van der Waals surface area contributed by atoms with Crippen LogP contribution in [0.2, 0.25) is 0 Å². The molecule has 76 valence electrons. The molecule has 3 heteroatoms. The normalized spacial score (nSPS) is 12.2. The first-order valence-electron chi connectivity index (χ1n) is 4.50. The van der Waals surface area contributed by atoms with Crippen LogP contribution in [0.3, 0.4) is 0 Å². The fourth-order valence-electron chi connectivity index (χ4n) is 0.805. The van der Waals surface area contributed by atoms with E-state index in [0.717, 1.165) is 23.0 Å². The summed E-state index contributed by atoms with van der Waals surface area (Å²) in [6.07, 6.45) is 2.48. The van der Waals surface area contributed by atoms with Gasteiger partial charge < -0.3 is 5.11 Å². The number of hydrogen-bond donors (Lipinski definition) is 1. The van der Waals surface area contributed by atoms with E-state index in [1.165, 1.54) is 12.5 Å². The van der Waals surface area contributed by atoms with Gasteiger partial charge in [-0.1, -0.05) is 19.4 Å². The van der Waals surface area contributed by atoms with E-state index >= 15 is 0 Å². The van der Waals surface area contributed by atoms with Gasteiger partial charge in [-0.25, -0.2) is 4.79 Å². The van der Waals surface area contributed by atoms with E-state index in [2.05, 4.69) is 13.8 Å². The highest BCUT2D eigenvalue weighted by Gasteiger charge is 1.97. The lowest BCUT2D eigenvalue weighted by molar-refractivity contribution is -0.131. The number of carbonyl (C=O) groups is 1. The molecule has 13 heavy (non-hydrogen) atoms. The van der Waals surface area contributed by atoms with Gasteiger partial charge in [-0.3, -0.25) is 0 Å². The van der Waals surface area contributed by atoms with E-state index in [1.54, 1.807) is 11.8 Å². The molecule has 0 rings (SSSR count). The van der Waals surface area contributed by atoms with Gasteiger partial charge in [0.25, 0.3) is 0 Å². The second kappa shape index (κ2) is 7.01. The summed E-state index contributed by atoms with van der Waals surface area (Å²) in [7, 11) is 0. The van der Waals surface area contributed by atoms with E-state index in [-0.39, 0.29) is 0 Å². The Balaban J connectivity index is 3.48. The Hall–Kier alpha value is -0.440. The molecule has 0 spiro atoms. The monoisotopic (exact) mass is 202 g/mol. The van der Waals surface area contributed by atoms with Crippen LogP contribution in [-0.2, 0) is 4.79 Å². The lowest BCUT2D eigenvalue weighted by atomic mass is 10.2. The van der Waals surface area contributed by atoms with Crippen LogP contribution >= 0.6 is 11.8 Å². The van der Waals surface area contributed by atoms with Crippen LogP contribution < -0.4 is 0 Å². The van der Waals surface area contributed by atoms with E-state index < -0.39 is 5.97 Å². The topological polar surface area (TPSA) is 37.3 Å². The molecule has 0 saturated heterocycles. The second-order valence-electron chi connectivity index (χ2n) is 3.56. The maximum Gasteiger partial charge on any atom is 0.328 e. The summed E-state index contributed by atoms with van der Waals surface area (Å²) in [4.78, 5) is 10.3. The molecule has 0 amide bonds. The van der Waals surface area contributed by atoms with Crippen molar-refractivity contribution in [2.75, 3.05) is 11.5 Å². The molecule has 0 aromatic heterocycles. The van der Waals surface area contributed by atoms with Gasteiger partial charge in [0.05, 0.1) is 0 Å². The maximum absolute atomic E-state index is 10.3. The summed E-state index contributed by atoms with van der Waals surface area (Å²) >= 11 is 1.80. The van der Waals surface area contributed by atoms with Crippen molar-refractivity contribution in [2.24, 2.45) is 5.92 Å². The SMILES string of the molecule is CC(=CC(=O)O)CSCCC(C)C. The molecule has 1 N–H and O–H groups in total. The minimum Gasteiger partial charge on any atom is -0.478 e. The van der Waals surface area contributed by atoms with Crippen LogP contribution in [0.4, 0.5) is 0 Å². The Kier molecular flexibility index (Phi) is 6.77. The van der Waals surface area contributed by atoms with E-state index in [1.807, 2.05) is 6.92 Å². The van der Waals surface area contributed by atoms with Crippen molar-refractivity contribution in [3.63, 3.8) is 0 Å². The molecule has 0 aromatic rings. The standard InChI is InChI=1S/C10H18O2S/c1-8(2)4-5-13-7-9(3)6-10(11)12/h6,8H,4-5,7H2,1-3H3,(H,11,12). The van der Waals surface area contributed by atoms with Crippen LogP contribution in [0.25, 0.3) is 0 Å². The van der Waals surface area contributed by atoms with Crippen LogP contribution in [0.5, 0.6) is 0 Å². The van der Waals surface area contributed by atoms with Crippen molar-refractivity contribution in [1.29, 1.82) is 0 Å². The van der Waals surface area contributed by atoms with Gasteiger partial charge in [0.15, 0.2) is 0 Å². The summed E-state index contributed by atoms with van der Waals surface area (Å²) < 4.78 is 0. The first-order chi connectivity index (χ1) is 6.02. The summed E-state index contributed by atoms with van der Waals surface area (Å²) in [5, 5.41) is 8.44. The first kappa shape index (κ1) is 12.6. The minimum atomic E-state index is -0.845. The summed E-state index contributed by atoms with van der Waals surface area (Å²) in [5.41, 5.74) is 0.932. The summed E-state index contributed by atoms with van der Waals surface area (Å²) in [5.74, 6) is 1.83. The molecular weight excluding hydrogens is 184 g/mol. The zero-order chi connectivity index (χ0) is 10.3. The molecule has 0 fully saturated rings. The van der Waals surface area contributed by atoms with Crippen molar-refractivity contribution >= 4 is 17.7 Å². The Labute approximate surface area is 84.4 Å². The molecule has 0 bridgehead atoms. The van der Waals surface area contributed by atoms with Gasteiger partial charge in [-0.15, -0.1) is 0 Å². The Bertz CT molecular complexity index is 185. The minimum absolute atomic E-state index is 0.733. The van der Waals surface area contributed by atoms with Crippen LogP contribution in [-0.4, -0.2) is 22.6 Å². The van der Waals surface area contributed by atoms with E-state index in [4.69, 9.17) is 5.11 Å². The third-order valence-corrected chi connectivity index (χ3v) is 2.72. The molecule has 0 atom stereocenters. The molecule has 0 radical (unpaired) electrons. The maximum atomic E-state index is 10.3.